The fraction of sp³-hybridized carbons (Fsp3) is 0.636. The number of amides is 2. The zero-order valence-electron chi connectivity index (χ0n) is 17.3. The van der Waals surface area contributed by atoms with Crippen molar-refractivity contribution in [3.8, 4) is 0 Å². The first-order valence-electron chi connectivity index (χ1n) is 10.6. The molecule has 154 valence electrons. The van der Waals surface area contributed by atoms with Gasteiger partial charge >= 0.3 is 0 Å². The standard InChI is InChI=1S/C22H34N4O2/c1-18-6-3-8-21(16-18)25-14-12-24(13-15-25)10-5-9-23-22(28)20-7-4-11-26(17-20)19(2)27/h3,6,8,16,20H,4-5,7,9-15,17H2,1-2H3,(H,23,28). The van der Waals surface area contributed by atoms with E-state index in [0.29, 0.717) is 13.1 Å². The molecule has 1 aromatic carbocycles. The Kier molecular flexibility index (Phi) is 7.31. The maximum absolute atomic E-state index is 12.4. The number of piperazine rings is 1. The van der Waals surface area contributed by atoms with Gasteiger partial charge in [-0.15, -0.1) is 0 Å². The lowest BCUT2D eigenvalue weighted by Crippen LogP contribution is -2.47. The van der Waals surface area contributed by atoms with Crippen molar-refractivity contribution >= 4 is 17.5 Å². The molecule has 6 nitrogen and oxygen atoms in total. The van der Waals surface area contributed by atoms with Gasteiger partial charge in [0.05, 0.1) is 5.92 Å². The van der Waals surface area contributed by atoms with Crippen LogP contribution in [-0.4, -0.2) is 74.0 Å². The van der Waals surface area contributed by atoms with E-state index >= 15 is 0 Å². The van der Waals surface area contributed by atoms with Crippen LogP contribution in [0.15, 0.2) is 24.3 Å². The van der Waals surface area contributed by atoms with Crippen LogP contribution in [0.5, 0.6) is 0 Å². The van der Waals surface area contributed by atoms with E-state index < -0.39 is 0 Å². The lowest BCUT2D eigenvalue weighted by Gasteiger charge is -2.36. The van der Waals surface area contributed by atoms with Gasteiger partial charge in [-0.1, -0.05) is 12.1 Å². The van der Waals surface area contributed by atoms with E-state index in [1.807, 2.05) is 0 Å². The average Bonchev–Trinajstić information content (AvgIpc) is 2.71. The Hall–Kier alpha value is -2.08. The monoisotopic (exact) mass is 386 g/mol. The van der Waals surface area contributed by atoms with E-state index in [1.165, 1.54) is 11.3 Å². The summed E-state index contributed by atoms with van der Waals surface area (Å²) in [5, 5.41) is 3.08. The van der Waals surface area contributed by atoms with Crippen LogP contribution in [0.25, 0.3) is 0 Å². The zero-order chi connectivity index (χ0) is 19.9. The van der Waals surface area contributed by atoms with Gasteiger partial charge in [0, 0.05) is 58.4 Å². The molecule has 0 aliphatic carbocycles. The van der Waals surface area contributed by atoms with Gasteiger partial charge in [-0.05, 0) is 50.4 Å². The van der Waals surface area contributed by atoms with Gasteiger partial charge in [-0.2, -0.15) is 0 Å². The second-order valence-electron chi connectivity index (χ2n) is 8.12. The summed E-state index contributed by atoms with van der Waals surface area (Å²) < 4.78 is 0. The summed E-state index contributed by atoms with van der Waals surface area (Å²) in [6.07, 6.45) is 2.78. The molecule has 0 saturated carbocycles. The lowest BCUT2D eigenvalue weighted by molar-refractivity contribution is -0.133. The predicted molar refractivity (Wildman–Crippen MR) is 112 cm³/mol. The van der Waals surface area contributed by atoms with E-state index in [1.54, 1.807) is 11.8 Å². The molecule has 2 saturated heterocycles. The molecule has 2 heterocycles. The number of hydrogen-bond donors (Lipinski definition) is 1. The van der Waals surface area contributed by atoms with Crippen molar-refractivity contribution in [3.63, 3.8) is 0 Å². The second-order valence-corrected chi connectivity index (χ2v) is 8.12. The Balaban J connectivity index is 1.32. The van der Waals surface area contributed by atoms with Crippen LogP contribution in [0, 0.1) is 12.8 Å². The van der Waals surface area contributed by atoms with E-state index in [2.05, 4.69) is 46.3 Å². The Morgan fingerprint density at radius 2 is 1.93 bits per heavy atom. The SMILES string of the molecule is CC(=O)N1CCCC(C(=O)NCCCN2CCN(c3cccc(C)c3)CC2)C1. The smallest absolute Gasteiger partial charge is 0.224 e. The molecule has 2 amide bonds. The van der Waals surface area contributed by atoms with Crippen LogP contribution < -0.4 is 10.2 Å². The number of likely N-dealkylation sites (tertiary alicyclic amines) is 1. The summed E-state index contributed by atoms with van der Waals surface area (Å²) in [4.78, 5) is 30.6. The maximum atomic E-state index is 12.4. The number of carbonyl (C=O) groups excluding carboxylic acids is 2. The number of hydrogen-bond acceptors (Lipinski definition) is 4. The Morgan fingerprint density at radius 1 is 1.14 bits per heavy atom. The molecule has 0 aromatic heterocycles. The number of anilines is 1. The van der Waals surface area contributed by atoms with E-state index in [4.69, 9.17) is 0 Å². The minimum atomic E-state index is -0.0458. The second kappa shape index (κ2) is 9.92. The molecule has 6 heteroatoms. The molecule has 28 heavy (non-hydrogen) atoms. The normalized spacial score (nSPS) is 20.9. The third-order valence-corrected chi connectivity index (χ3v) is 5.93. The molecule has 1 unspecified atom stereocenters. The van der Waals surface area contributed by atoms with Gasteiger partial charge < -0.3 is 15.1 Å². The highest BCUT2D eigenvalue weighted by atomic mass is 16.2. The molecular formula is C22H34N4O2. The first-order chi connectivity index (χ1) is 13.5. The minimum absolute atomic E-state index is 0.0458. The number of aryl methyl sites for hydroxylation is 1. The van der Waals surface area contributed by atoms with Gasteiger partial charge in [-0.25, -0.2) is 0 Å². The van der Waals surface area contributed by atoms with Crippen molar-refractivity contribution in [2.75, 3.05) is 57.3 Å². The van der Waals surface area contributed by atoms with Gasteiger partial charge in [0.1, 0.15) is 0 Å². The Bertz CT molecular complexity index is 670. The third kappa shape index (κ3) is 5.71. The summed E-state index contributed by atoms with van der Waals surface area (Å²) in [7, 11) is 0. The highest BCUT2D eigenvalue weighted by Gasteiger charge is 2.26. The molecule has 2 aliphatic rings. The summed E-state index contributed by atoms with van der Waals surface area (Å²) in [5.74, 6) is 0.132. The van der Waals surface area contributed by atoms with Crippen molar-refractivity contribution < 1.29 is 9.59 Å². The summed E-state index contributed by atoms with van der Waals surface area (Å²) >= 11 is 0. The fourth-order valence-corrected chi connectivity index (χ4v) is 4.19. The van der Waals surface area contributed by atoms with Crippen molar-refractivity contribution in [2.24, 2.45) is 5.92 Å². The molecule has 2 fully saturated rings. The van der Waals surface area contributed by atoms with Crippen molar-refractivity contribution in [3.05, 3.63) is 29.8 Å². The number of piperidine rings is 1. The number of nitrogens with zero attached hydrogens (tertiary/aromatic N) is 3. The molecule has 2 aliphatic heterocycles. The van der Waals surface area contributed by atoms with Gasteiger partial charge in [0.25, 0.3) is 0 Å². The quantitative estimate of drug-likeness (QED) is 0.759. The minimum Gasteiger partial charge on any atom is -0.369 e. The largest absolute Gasteiger partial charge is 0.369 e. The van der Waals surface area contributed by atoms with Gasteiger partial charge in [0.15, 0.2) is 0 Å². The molecule has 0 bridgehead atoms. The Morgan fingerprint density at radius 3 is 2.64 bits per heavy atom. The number of nitrogens with one attached hydrogen (secondary N) is 1. The lowest BCUT2D eigenvalue weighted by atomic mass is 9.97. The van der Waals surface area contributed by atoms with Gasteiger partial charge in [0.2, 0.25) is 11.8 Å². The van der Waals surface area contributed by atoms with Crippen molar-refractivity contribution in [1.82, 2.24) is 15.1 Å². The summed E-state index contributed by atoms with van der Waals surface area (Å²) in [6.45, 7) is 11.1. The third-order valence-electron chi connectivity index (χ3n) is 5.93. The predicted octanol–water partition coefficient (Wildman–Crippen LogP) is 1.88. The Labute approximate surface area is 168 Å². The average molecular weight is 387 g/mol. The maximum Gasteiger partial charge on any atom is 0.224 e. The molecule has 1 aromatic rings. The van der Waals surface area contributed by atoms with Crippen LogP contribution in [-0.2, 0) is 9.59 Å². The van der Waals surface area contributed by atoms with E-state index in [0.717, 1.165) is 58.5 Å². The number of rotatable bonds is 6. The molecule has 1 N–H and O–H groups in total. The summed E-state index contributed by atoms with van der Waals surface area (Å²) in [6, 6.07) is 8.71. The highest BCUT2D eigenvalue weighted by Crippen LogP contribution is 2.18. The molecule has 0 spiro atoms. The fourth-order valence-electron chi connectivity index (χ4n) is 4.19. The van der Waals surface area contributed by atoms with Crippen LogP contribution in [0.1, 0.15) is 31.7 Å². The van der Waals surface area contributed by atoms with Gasteiger partial charge in [-0.3, -0.25) is 14.5 Å². The molecular weight excluding hydrogens is 352 g/mol. The van der Waals surface area contributed by atoms with Crippen LogP contribution in [0.3, 0.4) is 0 Å². The van der Waals surface area contributed by atoms with Crippen molar-refractivity contribution in [1.29, 1.82) is 0 Å². The van der Waals surface area contributed by atoms with Crippen molar-refractivity contribution in [2.45, 2.75) is 33.1 Å². The topological polar surface area (TPSA) is 55.9 Å². The summed E-state index contributed by atoms with van der Waals surface area (Å²) in [5.41, 5.74) is 2.62. The first kappa shape index (κ1) is 20.6. The van der Waals surface area contributed by atoms with Crippen LogP contribution in [0.4, 0.5) is 5.69 Å². The highest BCUT2D eigenvalue weighted by molar-refractivity contribution is 5.80. The number of benzene rings is 1. The molecule has 1 atom stereocenters. The zero-order valence-corrected chi connectivity index (χ0v) is 17.3. The van der Waals surface area contributed by atoms with E-state index in [-0.39, 0.29) is 17.7 Å². The first-order valence-corrected chi connectivity index (χ1v) is 10.6. The molecule has 0 radical (unpaired) electrons. The number of carbonyl (C=O) groups is 2. The molecule has 3 rings (SSSR count). The van der Waals surface area contributed by atoms with Crippen LogP contribution >= 0.6 is 0 Å². The van der Waals surface area contributed by atoms with Crippen LogP contribution in [0.2, 0.25) is 0 Å². The van der Waals surface area contributed by atoms with E-state index in [9.17, 15) is 9.59 Å².